The fraction of sp³-hybridized carbons (Fsp3) is 0.200. The van der Waals surface area contributed by atoms with E-state index in [2.05, 4.69) is 4.98 Å². The van der Waals surface area contributed by atoms with E-state index in [1.54, 1.807) is 0 Å². The summed E-state index contributed by atoms with van der Waals surface area (Å²) in [5.74, 6) is -0.413. The number of halogens is 1. The minimum Gasteiger partial charge on any atom is -0.464 e. The van der Waals surface area contributed by atoms with E-state index in [0.717, 1.165) is 14.8 Å². The van der Waals surface area contributed by atoms with Crippen LogP contribution < -0.4 is 0 Å². The summed E-state index contributed by atoms with van der Waals surface area (Å²) in [5.41, 5.74) is 0.364. The third kappa shape index (κ3) is 2.11. The summed E-state index contributed by atoms with van der Waals surface area (Å²) in [4.78, 5) is 17.5. The largest absolute Gasteiger partial charge is 0.464 e. The zero-order valence-corrected chi connectivity index (χ0v) is 11.0. The number of carbonyl (C=O) groups excluding carboxylic acids is 1. The van der Waals surface area contributed by atoms with E-state index in [4.69, 9.17) is 16.3 Å². The zero-order valence-electron chi connectivity index (χ0n) is 8.61. The first kappa shape index (κ1) is 11.6. The molecule has 2 aromatic heterocycles. The van der Waals surface area contributed by atoms with Gasteiger partial charge in [0.15, 0.2) is 5.69 Å². The molecule has 16 heavy (non-hydrogen) atoms. The summed E-state index contributed by atoms with van der Waals surface area (Å²) in [6, 6.07) is 1.83. The van der Waals surface area contributed by atoms with Gasteiger partial charge >= 0.3 is 5.97 Å². The van der Waals surface area contributed by atoms with Gasteiger partial charge in [-0.05, 0) is 13.0 Å². The maximum atomic E-state index is 11.5. The topological polar surface area (TPSA) is 39.2 Å². The third-order valence-corrected chi connectivity index (χ3v) is 4.33. The molecule has 3 nitrogen and oxygen atoms in total. The van der Waals surface area contributed by atoms with Crippen molar-refractivity contribution in [3.8, 4) is 9.75 Å². The maximum Gasteiger partial charge on any atom is 0.358 e. The van der Waals surface area contributed by atoms with Crippen molar-refractivity contribution in [1.29, 1.82) is 0 Å². The van der Waals surface area contributed by atoms with Crippen molar-refractivity contribution in [2.75, 3.05) is 7.11 Å². The van der Waals surface area contributed by atoms with Crippen molar-refractivity contribution < 1.29 is 9.53 Å². The van der Waals surface area contributed by atoms with E-state index >= 15 is 0 Å². The summed E-state index contributed by atoms with van der Waals surface area (Å²) in [7, 11) is 1.35. The Morgan fingerprint density at radius 3 is 2.88 bits per heavy atom. The summed E-state index contributed by atoms with van der Waals surface area (Å²) in [6.07, 6.45) is 0. The average Bonchev–Trinajstić information content (AvgIpc) is 2.83. The molecule has 0 radical (unpaired) electrons. The molecule has 2 heterocycles. The van der Waals surface area contributed by atoms with Gasteiger partial charge in [-0.25, -0.2) is 9.78 Å². The molecule has 0 atom stereocenters. The molecule has 0 saturated carbocycles. The van der Waals surface area contributed by atoms with Crippen LogP contribution in [0.1, 0.15) is 15.5 Å². The molecule has 0 aliphatic carbocycles. The highest BCUT2D eigenvalue weighted by Crippen LogP contribution is 2.36. The Balaban J connectivity index is 2.52. The number of thiazole rings is 1. The number of carbonyl (C=O) groups is 1. The van der Waals surface area contributed by atoms with Gasteiger partial charge in [-0.2, -0.15) is 0 Å². The first-order chi connectivity index (χ1) is 7.61. The summed E-state index contributed by atoms with van der Waals surface area (Å²) < 4.78 is 4.70. The van der Waals surface area contributed by atoms with Crippen LogP contribution in [-0.2, 0) is 4.74 Å². The van der Waals surface area contributed by atoms with Gasteiger partial charge in [-0.1, -0.05) is 11.6 Å². The number of rotatable bonds is 2. The Hall–Kier alpha value is -0.910. The quantitative estimate of drug-likeness (QED) is 0.785. The van der Waals surface area contributed by atoms with Gasteiger partial charge < -0.3 is 4.74 Å². The zero-order chi connectivity index (χ0) is 11.7. The number of methoxy groups -OCH3 is 1. The second kappa shape index (κ2) is 4.53. The number of hydrogen-bond donors (Lipinski definition) is 0. The van der Waals surface area contributed by atoms with Crippen LogP contribution in [0.25, 0.3) is 9.75 Å². The van der Waals surface area contributed by atoms with Crippen LogP contribution in [0.15, 0.2) is 11.4 Å². The number of esters is 1. The van der Waals surface area contributed by atoms with E-state index in [0.29, 0.717) is 10.7 Å². The Morgan fingerprint density at radius 1 is 1.56 bits per heavy atom. The molecule has 0 aromatic carbocycles. The monoisotopic (exact) mass is 273 g/mol. The van der Waals surface area contributed by atoms with E-state index in [1.807, 2.05) is 18.4 Å². The molecule has 0 unspecified atom stereocenters. The molecule has 84 valence electrons. The van der Waals surface area contributed by atoms with Gasteiger partial charge in [0.05, 0.1) is 22.0 Å². The number of hydrogen-bond acceptors (Lipinski definition) is 5. The van der Waals surface area contributed by atoms with E-state index in [1.165, 1.54) is 29.8 Å². The van der Waals surface area contributed by atoms with Gasteiger partial charge in [0, 0.05) is 10.3 Å². The van der Waals surface area contributed by atoms with Crippen LogP contribution in [0.4, 0.5) is 0 Å². The molecule has 0 amide bonds. The normalized spacial score (nSPS) is 10.4. The molecule has 0 aliphatic heterocycles. The summed E-state index contributed by atoms with van der Waals surface area (Å²) in [5, 5.41) is 3.33. The third-order valence-electron chi connectivity index (χ3n) is 1.90. The highest BCUT2D eigenvalue weighted by atomic mass is 35.5. The van der Waals surface area contributed by atoms with Crippen molar-refractivity contribution in [2.24, 2.45) is 0 Å². The van der Waals surface area contributed by atoms with Crippen LogP contribution in [-0.4, -0.2) is 18.1 Å². The Labute approximate surface area is 106 Å². The van der Waals surface area contributed by atoms with Crippen molar-refractivity contribution in [2.45, 2.75) is 6.92 Å². The predicted octanol–water partition coefficient (Wildman–Crippen LogP) is 3.62. The summed E-state index contributed by atoms with van der Waals surface area (Å²) in [6.45, 7) is 1.86. The molecule has 0 aliphatic rings. The molecular weight excluding hydrogens is 266 g/mol. The minimum atomic E-state index is -0.413. The highest BCUT2D eigenvalue weighted by Gasteiger charge is 2.19. The highest BCUT2D eigenvalue weighted by molar-refractivity contribution is 7.21. The number of ether oxygens (including phenoxy) is 1. The standard InChI is InChI=1S/C10H8ClNO2S2/c1-5-12-8(10(13)14-2)9(16-5)7-3-6(11)4-15-7/h3-4H,1-2H3. The lowest BCUT2D eigenvalue weighted by atomic mass is 10.3. The molecule has 2 aromatic rings. The maximum absolute atomic E-state index is 11.5. The average molecular weight is 274 g/mol. The van der Waals surface area contributed by atoms with E-state index in [-0.39, 0.29) is 0 Å². The fourth-order valence-corrected chi connectivity index (χ4v) is 3.36. The molecule has 0 N–H and O–H groups in total. The minimum absolute atomic E-state index is 0.364. The van der Waals surface area contributed by atoms with Crippen molar-refractivity contribution in [3.05, 3.63) is 27.2 Å². The first-order valence-electron chi connectivity index (χ1n) is 4.42. The van der Waals surface area contributed by atoms with E-state index < -0.39 is 5.97 Å². The Morgan fingerprint density at radius 2 is 2.31 bits per heavy atom. The van der Waals surface area contributed by atoms with Gasteiger partial charge in [-0.15, -0.1) is 22.7 Å². The molecule has 0 fully saturated rings. The SMILES string of the molecule is COC(=O)c1nc(C)sc1-c1cc(Cl)cs1. The van der Waals surface area contributed by atoms with Gasteiger partial charge in [-0.3, -0.25) is 0 Å². The van der Waals surface area contributed by atoms with Gasteiger partial charge in [0.1, 0.15) is 0 Å². The fourth-order valence-electron chi connectivity index (χ4n) is 1.26. The lowest BCUT2D eigenvalue weighted by molar-refractivity contribution is 0.0595. The first-order valence-corrected chi connectivity index (χ1v) is 6.49. The Kier molecular flexibility index (Phi) is 3.28. The molecule has 2 rings (SSSR count). The second-order valence-electron chi connectivity index (χ2n) is 3.03. The lowest BCUT2D eigenvalue weighted by Gasteiger charge is -1.96. The second-order valence-corrected chi connectivity index (χ2v) is 5.58. The predicted molar refractivity (Wildman–Crippen MR) is 66.5 cm³/mol. The molecule has 0 saturated heterocycles. The van der Waals surface area contributed by atoms with Crippen LogP contribution in [0, 0.1) is 6.92 Å². The molecular formula is C10H8ClNO2S2. The number of nitrogens with zero attached hydrogens (tertiary/aromatic N) is 1. The number of thiophene rings is 1. The number of aromatic nitrogens is 1. The lowest BCUT2D eigenvalue weighted by Crippen LogP contribution is -2.02. The summed E-state index contributed by atoms with van der Waals surface area (Å²) >= 11 is 8.81. The molecule has 0 spiro atoms. The van der Waals surface area contributed by atoms with Crippen molar-refractivity contribution in [3.63, 3.8) is 0 Å². The van der Waals surface area contributed by atoms with E-state index in [9.17, 15) is 4.79 Å². The van der Waals surface area contributed by atoms with Crippen LogP contribution in [0.3, 0.4) is 0 Å². The van der Waals surface area contributed by atoms with Gasteiger partial charge in [0.2, 0.25) is 0 Å². The van der Waals surface area contributed by atoms with Gasteiger partial charge in [0.25, 0.3) is 0 Å². The van der Waals surface area contributed by atoms with Crippen molar-refractivity contribution in [1.82, 2.24) is 4.98 Å². The number of aryl methyl sites for hydroxylation is 1. The van der Waals surface area contributed by atoms with Crippen LogP contribution in [0.2, 0.25) is 5.02 Å². The Bertz CT molecular complexity index is 533. The van der Waals surface area contributed by atoms with Crippen molar-refractivity contribution >= 4 is 40.2 Å². The van der Waals surface area contributed by atoms with Crippen LogP contribution in [0.5, 0.6) is 0 Å². The van der Waals surface area contributed by atoms with Crippen LogP contribution >= 0.6 is 34.3 Å². The molecule has 0 bridgehead atoms. The molecule has 6 heteroatoms. The smallest absolute Gasteiger partial charge is 0.358 e.